The molecular weight excluding hydrogens is 1100 g/mol. The zero-order valence-corrected chi connectivity index (χ0v) is 48.6. The number of nitrogens with two attached hydrogens (primary N) is 3. The first-order valence-electron chi connectivity index (χ1n) is 29.1. The number of nitrogens with zero attached hydrogens (tertiary/aromatic N) is 2. The number of carboxylic acid groups (broad SMARTS) is 1. The highest BCUT2D eigenvalue weighted by atomic mass is 16.4. The van der Waals surface area contributed by atoms with Crippen molar-refractivity contribution in [3.63, 3.8) is 0 Å². The third-order valence-corrected chi connectivity index (χ3v) is 15.4. The molecule has 478 valence electrons. The average molecular weight is 1200 g/mol. The molecule has 22 N–H and O–H groups in total. The van der Waals surface area contributed by atoms with Crippen LogP contribution in [0.3, 0.4) is 0 Å². The van der Waals surface area contributed by atoms with Gasteiger partial charge < -0.3 is 105 Å². The Balaban J connectivity index is 0.00000247. The maximum absolute atomic E-state index is 14.6. The monoisotopic (exact) mass is 1200 g/mol. The van der Waals surface area contributed by atoms with Gasteiger partial charge in [0.15, 0.2) is 0 Å². The number of amides is 7. The number of carbonyl (C=O) groups is 8. The summed E-state index contributed by atoms with van der Waals surface area (Å²) in [7, 11) is 0. The van der Waals surface area contributed by atoms with E-state index >= 15 is 0 Å². The zero-order chi connectivity index (χ0) is 63.0. The van der Waals surface area contributed by atoms with E-state index < -0.39 is 164 Å². The van der Waals surface area contributed by atoms with Crippen molar-refractivity contribution in [2.75, 3.05) is 39.3 Å². The van der Waals surface area contributed by atoms with Crippen LogP contribution < -0.4 is 49.1 Å². The van der Waals surface area contributed by atoms with E-state index in [1.165, 1.54) is 30.7 Å². The van der Waals surface area contributed by atoms with Gasteiger partial charge in [-0.3, -0.25) is 43.7 Å². The number of hydrogen-bond donors (Lipinski definition) is 19. The van der Waals surface area contributed by atoms with Gasteiger partial charge in [-0.25, -0.2) is 0 Å². The summed E-state index contributed by atoms with van der Waals surface area (Å²) in [5.41, 5.74) is 16.2. The Bertz CT molecular complexity index is 2250. The maximum Gasteiger partial charge on any atom is 0.322 e. The summed E-state index contributed by atoms with van der Waals surface area (Å²) in [5, 5.41) is 120. The van der Waals surface area contributed by atoms with Gasteiger partial charge in [-0.1, -0.05) is 77.8 Å². The van der Waals surface area contributed by atoms with E-state index in [0.717, 1.165) is 55.2 Å². The van der Waals surface area contributed by atoms with Gasteiger partial charge in [0.1, 0.15) is 66.4 Å². The molecule has 4 rings (SSSR count). The van der Waals surface area contributed by atoms with E-state index in [2.05, 4.69) is 52.7 Å². The Morgan fingerprint density at radius 3 is 1.92 bits per heavy atom. The van der Waals surface area contributed by atoms with Crippen LogP contribution >= 0.6 is 0 Å². The summed E-state index contributed by atoms with van der Waals surface area (Å²) in [6, 6.07) is -7.52. The predicted octanol–water partition coefficient (Wildman–Crippen LogP) is -4.92. The number of aliphatic hydroxyl groups excluding tert-OH is 8. The number of unbranched alkanes of at least 4 members (excludes halogenated alkanes) is 5. The molecule has 3 aliphatic heterocycles. The summed E-state index contributed by atoms with van der Waals surface area (Å²) in [5.74, 6) is -7.61. The first kappa shape index (κ1) is 72.6. The Kier molecular flexibility index (Phi) is 31.4. The molecule has 3 heterocycles. The second kappa shape index (κ2) is 36.3. The summed E-state index contributed by atoms with van der Waals surface area (Å²) in [6.45, 7) is 6.23. The van der Waals surface area contributed by atoms with E-state index in [0.29, 0.717) is 24.7 Å². The molecule has 84 heavy (non-hydrogen) atoms. The zero-order valence-electron chi connectivity index (χ0n) is 48.6. The fourth-order valence-corrected chi connectivity index (χ4v) is 10.3. The van der Waals surface area contributed by atoms with Gasteiger partial charge in [0.25, 0.3) is 0 Å². The van der Waals surface area contributed by atoms with Crippen LogP contribution in [-0.2, 0) is 38.4 Å². The number of phenolic OH excluding ortho intramolecular Hbond substituents is 1. The number of aliphatic carboxylic acids is 1. The Labute approximate surface area is 489 Å². The van der Waals surface area contributed by atoms with Crippen molar-refractivity contribution in [2.45, 2.75) is 209 Å². The first-order chi connectivity index (χ1) is 39.7. The molecule has 3 unspecified atom stereocenters. The number of aromatic hydroxyl groups is 1. The lowest BCUT2D eigenvalue weighted by Gasteiger charge is -2.35. The van der Waals surface area contributed by atoms with Gasteiger partial charge in [0.05, 0.1) is 37.1 Å². The lowest BCUT2D eigenvalue weighted by molar-refractivity contribution is -0.148. The van der Waals surface area contributed by atoms with Crippen LogP contribution in [0.15, 0.2) is 24.3 Å². The summed E-state index contributed by atoms with van der Waals surface area (Å²) in [6.07, 6.45) is -6.95. The van der Waals surface area contributed by atoms with Crippen molar-refractivity contribution < 1.29 is 89.4 Å². The number of carboxylic acids is 1. The van der Waals surface area contributed by atoms with Crippen molar-refractivity contribution in [1.29, 1.82) is 0 Å². The van der Waals surface area contributed by atoms with Gasteiger partial charge in [0.2, 0.25) is 41.4 Å². The van der Waals surface area contributed by atoms with Crippen molar-refractivity contribution in [3.05, 3.63) is 29.8 Å². The number of benzene rings is 1. The van der Waals surface area contributed by atoms with Crippen LogP contribution in [0.5, 0.6) is 5.75 Å². The van der Waals surface area contributed by atoms with Gasteiger partial charge in [-0.15, -0.1) is 0 Å². The molecule has 0 aliphatic carbocycles. The fraction of sp³-hybridized carbons (Fsp3) is 0.745. The molecule has 1 aromatic rings. The van der Waals surface area contributed by atoms with Gasteiger partial charge >= 0.3 is 5.97 Å². The van der Waals surface area contributed by atoms with Gasteiger partial charge in [0, 0.05) is 45.4 Å². The van der Waals surface area contributed by atoms with Crippen LogP contribution in [-0.4, -0.2) is 233 Å². The lowest BCUT2D eigenvalue weighted by atomic mass is 9.91. The van der Waals surface area contributed by atoms with Gasteiger partial charge in [-0.2, -0.15) is 0 Å². The summed E-state index contributed by atoms with van der Waals surface area (Å²) in [4.78, 5) is 112. The number of aliphatic hydroxyl groups is 8. The number of rotatable bonds is 25. The third-order valence-electron chi connectivity index (χ3n) is 15.4. The summed E-state index contributed by atoms with van der Waals surface area (Å²) < 4.78 is 0. The lowest BCUT2D eigenvalue weighted by Crippen LogP contribution is -2.65. The van der Waals surface area contributed by atoms with Crippen molar-refractivity contribution in [2.24, 2.45) is 29.0 Å². The number of hydrogen-bond acceptors (Lipinski definition) is 21. The van der Waals surface area contributed by atoms with Crippen LogP contribution in [0, 0.1) is 11.8 Å². The van der Waals surface area contributed by atoms with E-state index in [4.69, 9.17) is 27.4 Å². The third kappa shape index (κ3) is 22.3. The quantitative estimate of drug-likeness (QED) is 0.0408. The number of fused-ring (bicyclic) bond motifs is 2. The van der Waals surface area contributed by atoms with Crippen molar-refractivity contribution in [3.8, 4) is 5.75 Å². The minimum Gasteiger partial charge on any atom is -0.508 e. The molecule has 0 saturated carbocycles. The number of nitrogens with one attached hydrogen (secondary N) is 6. The van der Waals surface area contributed by atoms with E-state index in [1.807, 2.05) is 0 Å². The van der Waals surface area contributed by atoms with Gasteiger partial charge in [-0.05, 0) is 68.7 Å². The molecule has 29 heteroatoms. The topological polar surface area (TPSA) is 496 Å². The molecule has 0 spiro atoms. The molecule has 3 saturated heterocycles. The highest BCUT2D eigenvalue weighted by molar-refractivity contribution is 5.98. The standard InChI is InChI=1S/C52H88N10O15.C3H7NO3/c1-5-28(2)24-29(3)12-10-8-6-7-9-11-13-39(69)56-34-26-38(68)46(55-22-21-54)60-50(75)43-37(67)19-23-61(43)52(77)41(36(66)18-20-53)58-49(74)42(45(71)44(70)31-14-16-32(64)17-15-31)59-48(73)35-25-33(65)27-62(35)51(76)40(30(4)63)57-47(34)72;4-2(1-5)3(6)7/h14-17,28-30,33-38,40-46,55,63-68,70-71H,5-13,18-27,53-54H2,1-4H3,(H,56,69)(H,57,72)(H,58,74)(H,59,73)(H,60,75);2,5H,1,4H2,(H,6,7)/t28?,29?,30-,33-,34+,35+,36+,37+,38-,40+,41+,42+,43+,44+,45+,46-;/m1./s1. The van der Waals surface area contributed by atoms with Crippen molar-refractivity contribution >= 4 is 47.3 Å². The predicted molar refractivity (Wildman–Crippen MR) is 303 cm³/mol. The van der Waals surface area contributed by atoms with Crippen molar-refractivity contribution in [1.82, 2.24) is 41.7 Å². The molecule has 29 nitrogen and oxygen atoms in total. The molecule has 0 bridgehead atoms. The fourth-order valence-electron chi connectivity index (χ4n) is 10.3. The largest absolute Gasteiger partial charge is 0.508 e. The molecule has 17 atom stereocenters. The minimum absolute atomic E-state index is 0.0257. The van der Waals surface area contributed by atoms with Crippen LogP contribution in [0.4, 0.5) is 0 Å². The molecule has 3 fully saturated rings. The van der Waals surface area contributed by atoms with E-state index in [1.54, 1.807) is 0 Å². The SMILES string of the molecule is CCC(C)CC(C)CCCCCCCCC(=O)N[C@H]1C[C@@H](O)[C@H](NCCN)NC(=O)[C@@H]2[C@@H](O)CCN2C(=O)[C@H]([C@@H](O)CCN)NC(=O)[C@H]([C@H](O)[C@@H](O)c2ccc(O)cc2)NC(=O)[C@@H]2C[C@@H](O)CN2C(=O)[C@H]([C@@H](C)O)NC1=O.NC(CO)C(=O)O. The highest BCUT2D eigenvalue weighted by Crippen LogP contribution is 2.27. The van der Waals surface area contributed by atoms with Crippen LogP contribution in [0.2, 0.25) is 0 Å². The molecular formula is C55H95N11O18. The molecule has 7 amide bonds. The highest BCUT2D eigenvalue weighted by Gasteiger charge is 2.49. The molecule has 3 aliphatic rings. The number of phenols is 1. The second-order valence-electron chi connectivity index (χ2n) is 22.4. The Morgan fingerprint density at radius 2 is 1.33 bits per heavy atom. The molecule has 0 aromatic heterocycles. The van der Waals surface area contributed by atoms with E-state index in [-0.39, 0.29) is 56.8 Å². The molecule has 1 aromatic carbocycles. The second-order valence-corrected chi connectivity index (χ2v) is 22.4. The summed E-state index contributed by atoms with van der Waals surface area (Å²) >= 11 is 0. The van der Waals surface area contributed by atoms with E-state index in [9.17, 15) is 79.2 Å². The Morgan fingerprint density at radius 1 is 0.726 bits per heavy atom. The minimum atomic E-state index is -2.28. The maximum atomic E-state index is 14.6. The van der Waals surface area contributed by atoms with Crippen LogP contribution in [0.25, 0.3) is 0 Å². The normalized spacial score (nSPS) is 27.4. The first-order valence-corrected chi connectivity index (χ1v) is 29.1. The Hall–Kier alpha value is -5.70. The molecule has 0 radical (unpaired) electrons. The smallest absolute Gasteiger partial charge is 0.322 e. The number of carbonyl (C=O) groups excluding carboxylic acids is 7. The average Bonchev–Trinajstić information content (AvgIpc) is 2.92. The van der Waals surface area contributed by atoms with Crippen LogP contribution in [0.1, 0.15) is 129 Å².